The highest BCUT2D eigenvalue weighted by atomic mass is 79.9. The first-order valence-electron chi connectivity index (χ1n) is 11.0. The van der Waals surface area contributed by atoms with E-state index >= 15 is 0 Å². The summed E-state index contributed by atoms with van der Waals surface area (Å²) in [7, 11) is 0. The van der Waals surface area contributed by atoms with Gasteiger partial charge in [-0.05, 0) is 74.4 Å². The largest absolute Gasteiger partial charge is 0.298 e. The fourth-order valence-corrected chi connectivity index (χ4v) is 5.24. The maximum Gasteiger partial charge on any atom is 0.258 e. The molecule has 0 aliphatic carbocycles. The number of anilines is 1. The van der Waals surface area contributed by atoms with Crippen LogP contribution in [0.3, 0.4) is 0 Å². The van der Waals surface area contributed by atoms with E-state index in [1.807, 2.05) is 55.5 Å². The molecule has 3 aromatic carbocycles. The Morgan fingerprint density at radius 1 is 0.886 bits per heavy atom. The molecule has 5 rings (SSSR count). The van der Waals surface area contributed by atoms with Gasteiger partial charge < -0.3 is 0 Å². The molecule has 174 valence electrons. The summed E-state index contributed by atoms with van der Waals surface area (Å²) in [6.45, 7) is 6.21. The fourth-order valence-electron chi connectivity index (χ4n) is 3.93. The molecule has 0 fully saturated rings. The van der Waals surface area contributed by atoms with E-state index in [1.54, 1.807) is 0 Å². The molecule has 0 atom stereocenters. The first kappa shape index (κ1) is 23.7. The summed E-state index contributed by atoms with van der Waals surface area (Å²) < 4.78 is 0.877. The Morgan fingerprint density at radius 2 is 1.63 bits per heavy atom. The summed E-state index contributed by atoms with van der Waals surface area (Å²) in [5.41, 5.74) is 7.23. The summed E-state index contributed by atoms with van der Waals surface area (Å²) >= 11 is 11.1. The van der Waals surface area contributed by atoms with Crippen molar-refractivity contribution in [1.29, 1.82) is 0 Å². The van der Waals surface area contributed by atoms with E-state index < -0.39 is 0 Å². The van der Waals surface area contributed by atoms with Gasteiger partial charge in [-0.15, -0.1) is 11.3 Å². The van der Waals surface area contributed by atoms with Gasteiger partial charge in [0.2, 0.25) is 0 Å². The molecule has 1 amide bonds. The van der Waals surface area contributed by atoms with E-state index in [-0.39, 0.29) is 5.91 Å². The van der Waals surface area contributed by atoms with Crippen LogP contribution in [0.5, 0.6) is 0 Å². The molecule has 0 radical (unpaired) electrons. The molecular formula is C28H21BrClN3OS. The smallest absolute Gasteiger partial charge is 0.258 e. The number of nitrogens with one attached hydrogen (secondary N) is 1. The average Bonchev–Trinajstić information content (AvgIpc) is 3.20. The molecule has 1 N–H and O–H groups in total. The summed E-state index contributed by atoms with van der Waals surface area (Å²) in [6.07, 6.45) is 0. The Bertz CT molecular complexity index is 1590. The Kier molecular flexibility index (Phi) is 6.45. The number of halogens is 2. The number of carbonyl (C=O) groups excluding carboxylic acids is 1. The van der Waals surface area contributed by atoms with Crippen molar-refractivity contribution in [2.45, 2.75) is 20.8 Å². The van der Waals surface area contributed by atoms with E-state index in [2.05, 4.69) is 53.3 Å². The monoisotopic (exact) mass is 561 g/mol. The number of hydrogen-bond acceptors (Lipinski definition) is 4. The molecule has 0 aliphatic heterocycles. The highest BCUT2D eigenvalue weighted by Crippen LogP contribution is 2.33. The van der Waals surface area contributed by atoms with Crippen molar-refractivity contribution in [2.75, 3.05) is 5.32 Å². The van der Waals surface area contributed by atoms with Crippen LogP contribution in [-0.4, -0.2) is 15.9 Å². The van der Waals surface area contributed by atoms with E-state index in [9.17, 15) is 4.79 Å². The number of amides is 1. The third kappa shape index (κ3) is 4.87. The van der Waals surface area contributed by atoms with Gasteiger partial charge in [0.05, 0.1) is 22.5 Å². The van der Waals surface area contributed by atoms with Gasteiger partial charge in [-0.3, -0.25) is 10.1 Å². The number of carbonyl (C=O) groups is 1. The quantitative estimate of drug-likeness (QED) is 0.238. The van der Waals surface area contributed by atoms with Crippen LogP contribution in [0.2, 0.25) is 5.02 Å². The Balaban J connectivity index is 1.54. The Morgan fingerprint density at radius 3 is 2.37 bits per heavy atom. The summed E-state index contributed by atoms with van der Waals surface area (Å²) in [5, 5.41) is 4.99. The van der Waals surface area contributed by atoms with Gasteiger partial charge in [0.1, 0.15) is 0 Å². The van der Waals surface area contributed by atoms with Crippen LogP contribution in [0.1, 0.15) is 26.4 Å². The molecule has 7 heteroatoms. The van der Waals surface area contributed by atoms with Crippen LogP contribution in [0, 0.1) is 20.8 Å². The Hall–Kier alpha value is -3.06. The van der Waals surface area contributed by atoms with Gasteiger partial charge in [-0.2, -0.15) is 0 Å². The van der Waals surface area contributed by atoms with Crippen molar-refractivity contribution in [1.82, 2.24) is 9.97 Å². The molecule has 2 aromatic heterocycles. The van der Waals surface area contributed by atoms with Crippen LogP contribution >= 0.6 is 38.9 Å². The number of aryl methyl sites for hydroxylation is 3. The molecule has 0 saturated heterocycles. The predicted octanol–water partition coefficient (Wildman–Crippen LogP) is 8.62. The van der Waals surface area contributed by atoms with E-state index in [1.165, 1.54) is 22.5 Å². The number of aromatic nitrogens is 2. The van der Waals surface area contributed by atoms with Crippen molar-refractivity contribution in [3.05, 3.63) is 97.8 Å². The predicted molar refractivity (Wildman–Crippen MR) is 150 cm³/mol. The minimum atomic E-state index is -0.230. The zero-order valence-electron chi connectivity index (χ0n) is 19.3. The molecule has 0 unspecified atom stereocenters. The second-order valence-corrected chi connectivity index (χ2v) is 11.0. The van der Waals surface area contributed by atoms with Crippen molar-refractivity contribution in [2.24, 2.45) is 0 Å². The first-order chi connectivity index (χ1) is 16.8. The fraction of sp³-hybridized carbons (Fsp3) is 0.107. The standard InChI is InChI=1S/C28H21BrClN3OS/c1-15-4-5-19(12-16(15)2)26-17(3)35-28(32-26)33-27(34)23-14-25(18-6-9-21(30)10-7-18)31-24-11-8-20(29)13-22(23)24/h4-14H,1-3H3,(H,32,33,34). The van der Waals surface area contributed by atoms with Gasteiger partial charge in [0.15, 0.2) is 5.13 Å². The van der Waals surface area contributed by atoms with E-state index in [0.29, 0.717) is 21.4 Å². The molecule has 35 heavy (non-hydrogen) atoms. The molecular weight excluding hydrogens is 542 g/mol. The number of thiazole rings is 1. The third-order valence-corrected chi connectivity index (χ3v) is 7.58. The van der Waals surface area contributed by atoms with Crippen LogP contribution < -0.4 is 5.32 Å². The molecule has 0 spiro atoms. The first-order valence-corrected chi connectivity index (χ1v) is 13.0. The van der Waals surface area contributed by atoms with Crippen LogP contribution in [-0.2, 0) is 0 Å². The van der Waals surface area contributed by atoms with Gasteiger partial charge in [0.25, 0.3) is 5.91 Å². The molecule has 4 nitrogen and oxygen atoms in total. The molecule has 2 heterocycles. The maximum absolute atomic E-state index is 13.5. The number of pyridine rings is 1. The van der Waals surface area contributed by atoms with Crippen LogP contribution in [0.4, 0.5) is 5.13 Å². The maximum atomic E-state index is 13.5. The van der Waals surface area contributed by atoms with Crippen molar-refractivity contribution < 1.29 is 4.79 Å². The normalized spacial score (nSPS) is 11.1. The lowest BCUT2D eigenvalue weighted by Gasteiger charge is -2.10. The summed E-state index contributed by atoms with van der Waals surface area (Å²) in [5.74, 6) is -0.230. The number of benzene rings is 3. The summed E-state index contributed by atoms with van der Waals surface area (Å²) in [4.78, 5) is 24.1. The van der Waals surface area contributed by atoms with Crippen molar-refractivity contribution in [3.8, 4) is 22.5 Å². The topological polar surface area (TPSA) is 54.9 Å². The van der Waals surface area contributed by atoms with Crippen LogP contribution in [0.15, 0.2) is 71.2 Å². The molecule has 0 saturated carbocycles. The van der Waals surface area contributed by atoms with Gasteiger partial charge in [-0.25, -0.2) is 9.97 Å². The zero-order valence-corrected chi connectivity index (χ0v) is 22.5. The van der Waals surface area contributed by atoms with Gasteiger partial charge >= 0.3 is 0 Å². The average molecular weight is 563 g/mol. The van der Waals surface area contributed by atoms with Crippen LogP contribution in [0.25, 0.3) is 33.4 Å². The lowest BCUT2D eigenvalue weighted by molar-refractivity contribution is 0.102. The number of rotatable bonds is 4. The number of fused-ring (bicyclic) bond motifs is 1. The molecule has 0 bridgehead atoms. The number of hydrogen-bond donors (Lipinski definition) is 1. The highest BCUT2D eigenvalue weighted by molar-refractivity contribution is 9.10. The SMILES string of the molecule is Cc1ccc(-c2nc(NC(=O)c3cc(-c4ccc(Cl)cc4)nc4ccc(Br)cc34)sc2C)cc1C. The minimum Gasteiger partial charge on any atom is -0.298 e. The molecule has 5 aromatic rings. The second-order valence-electron chi connectivity index (χ2n) is 8.40. The van der Waals surface area contributed by atoms with Crippen molar-refractivity contribution in [3.63, 3.8) is 0 Å². The highest BCUT2D eigenvalue weighted by Gasteiger charge is 2.18. The lowest BCUT2D eigenvalue weighted by Crippen LogP contribution is -2.13. The molecule has 0 aliphatic rings. The Labute approximate surface area is 221 Å². The van der Waals surface area contributed by atoms with E-state index in [4.69, 9.17) is 21.6 Å². The second kappa shape index (κ2) is 9.53. The number of nitrogens with zero attached hydrogens (tertiary/aromatic N) is 2. The van der Waals surface area contributed by atoms with E-state index in [0.717, 1.165) is 37.1 Å². The van der Waals surface area contributed by atoms with Crippen molar-refractivity contribution >= 4 is 60.8 Å². The van der Waals surface area contributed by atoms with Gasteiger partial charge in [0, 0.05) is 30.9 Å². The third-order valence-electron chi connectivity index (χ3n) is 5.95. The lowest BCUT2D eigenvalue weighted by atomic mass is 10.0. The minimum absolute atomic E-state index is 0.230. The van der Waals surface area contributed by atoms with Gasteiger partial charge in [-0.1, -0.05) is 51.8 Å². The zero-order chi connectivity index (χ0) is 24.7. The summed E-state index contributed by atoms with van der Waals surface area (Å²) in [6, 6.07) is 21.3.